The van der Waals surface area contributed by atoms with Crippen LogP contribution in [0, 0.1) is 17.0 Å². The van der Waals surface area contributed by atoms with Gasteiger partial charge >= 0.3 is 0 Å². The summed E-state index contributed by atoms with van der Waals surface area (Å²) in [5.41, 5.74) is 1.78. The average molecular weight is 252 g/mol. The van der Waals surface area contributed by atoms with E-state index in [2.05, 4.69) is 5.32 Å². The van der Waals surface area contributed by atoms with Crippen LogP contribution in [0.2, 0.25) is 0 Å². The Morgan fingerprint density at radius 2 is 2.22 bits per heavy atom. The fourth-order valence-corrected chi connectivity index (χ4v) is 1.70. The van der Waals surface area contributed by atoms with E-state index in [9.17, 15) is 10.1 Å². The molecule has 5 nitrogen and oxygen atoms in total. The van der Waals surface area contributed by atoms with Crippen molar-refractivity contribution >= 4 is 5.69 Å². The highest BCUT2D eigenvalue weighted by molar-refractivity contribution is 5.43. The summed E-state index contributed by atoms with van der Waals surface area (Å²) >= 11 is 0. The minimum absolute atomic E-state index is 0.0738. The molecule has 0 aliphatic heterocycles. The number of ether oxygens (including phenoxy) is 1. The molecule has 5 heteroatoms. The molecule has 18 heavy (non-hydrogen) atoms. The first kappa shape index (κ1) is 14.6. The fraction of sp³-hybridized carbons (Fsp3) is 0.538. The van der Waals surface area contributed by atoms with Crippen molar-refractivity contribution in [2.24, 2.45) is 0 Å². The predicted molar refractivity (Wildman–Crippen MR) is 70.7 cm³/mol. The largest absolute Gasteiger partial charge is 0.380 e. The standard InChI is InChI=1S/C13H20N2O3/c1-4-18-8-7-14-11(3)12-6-5-10(2)13(9-12)15(16)17/h5-6,9,11,14H,4,7-8H2,1-3H3. The number of rotatable bonds is 7. The van der Waals surface area contributed by atoms with E-state index in [0.717, 1.165) is 12.1 Å². The number of hydrogen-bond acceptors (Lipinski definition) is 4. The smallest absolute Gasteiger partial charge is 0.272 e. The molecule has 0 spiro atoms. The zero-order chi connectivity index (χ0) is 13.5. The number of hydrogen-bond donors (Lipinski definition) is 1. The van der Waals surface area contributed by atoms with Crippen LogP contribution in [0.25, 0.3) is 0 Å². The lowest BCUT2D eigenvalue weighted by Gasteiger charge is -2.14. The van der Waals surface area contributed by atoms with Gasteiger partial charge in [-0.25, -0.2) is 0 Å². The van der Waals surface area contributed by atoms with E-state index in [1.54, 1.807) is 19.1 Å². The van der Waals surface area contributed by atoms with Gasteiger partial charge in [0.25, 0.3) is 5.69 Å². The molecular weight excluding hydrogens is 232 g/mol. The number of nitro groups is 1. The van der Waals surface area contributed by atoms with E-state index in [4.69, 9.17) is 4.74 Å². The first-order valence-corrected chi connectivity index (χ1v) is 6.12. The lowest BCUT2D eigenvalue weighted by atomic mass is 10.0. The zero-order valence-corrected chi connectivity index (χ0v) is 11.1. The van der Waals surface area contributed by atoms with Gasteiger partial charge < -0.3 is 10.1 Å². The monoisotopic (exact) mass is 252 g/mol. The van der Waals surface area contributed by atoms with Crippen LogP contribution < -0.4 is 5.32 Å². The Morgan fingerprint density at radius 3 is 2.83 bits per heavy atom. The van der Waals surface area contributed by atoms with Gasteiger partial charge in [0.15, 0.2) is 0 Å². The molecule has 0 aliphatic carbocycles. The molecule has 0 amide bonds. The average Bonchev–Trinajstić information content (AvgIpc) is 2.34. The minimum Gasteiger partial charge on any atom is -0.380 e. The van der Waals surface area contributed by atoms with Gasteiger partial charge in [0.05, 0.1) is 11.5 Å². The van der Waals surface area contributed by atoms with Gasteiger partial charge in [-0.05, 0) is 26.3 Å². The normalized spacial score (nSPS) is 12.4. The molecule has 1 unspecified atom stereocenters. The van der Waals surface area contributed by atoms with Gasteiger partial charge in [-0.1, -0.05) is 12.1 Å². The van der Waals surface area contributed by atoms with Gasteiger partial charge in [0.1, 0.15) is 0 Å². The SMILES string of the molecule is CCOCCNC(C)c1ccc(C)c([N+](=O)[O-])c1. The molecule has 0 bridgehead atoms. The zero-order valence-electron chi connectivity index (χ0n) is 11.1. The van der Waals surface area contributed by atoms with Gasteiger partial charge in [-0.3, -0.25) is 10.1 Å². The topological polar surface area (TPSA) is 64.4 Å². The van der Waals surface area contributed by atoms with Crippen molar-refractivity contribution < 1.29 is 9.66 Å². The lowest BCUT2D eigenvalue weighted by Crippen LogP contribution is -2.23. The van der Waals surface area contributed by atoms with E-state index < -0.39 is 0 Å². The molecule has 0 aromatic heterocycles. The Labute approximate surface area is 107 Å². The number of benzene rings is 1. The van der Waals surface area contributed by atoms with Crippen LogP contribution in [0.15, 0.2) is 18.2 Å². The molecule has 0 heterocycles. The molecular formula is C13H20N2O3. The quantitative estimate of drug-likeness (QED) is 0.460. The van der Waals surface area contributed by atoms with Crippen molar-refractivity contribution in [3.8, 4) is 0 Å². The molecule has 1 rings (SSSR count). The molecule has 1 aromatic carbocycles. The van der Waals surface area contributed by atoms with Crippen molar-refractivity contribution in [1.29, 1.82) is 0 Å². The van der Waals surface area contributed by atoms with Crippen molar-refractivity contribution in [2.45, 2.75) is 26.8 Å². The van der Waals surface area contributed by atoms with Crippen molar-refractivity contribution in [3.05, 3.63) is 39.4 Å². The number of nitrogens with zero attached hydrogens (tertiary/aromatic N) is 1. The summed E-state index contributed by atoms with van der Waals surface area (Å²) < 4.78 is 5.23. The van der Waals surface area contributed by atoms with Gasteiger partial charge in [-0.2, -0.15) is 0 Å². The summed E-state index contributed by atoms with van der Waals surface area (Å²) in [6, 6.07) is 5.41. The highest BCUT2D eigenvalue weighted by Gasteiger charge is 2.13. The molecule has 0 radical (unpaired) electrons. The Hall–Kier alpha value is -1.46. The number of aryl methyl sites for hydroxylation is 1. The third-order valence-electron chi connectivity index (χ3n) is 2.83. The summed E-state index contributed by atoms with van der Waals surface area (Å²) in [6.45, 7) is 7.76. The second-order valence-electron chi connectivity index (χ2n) is 4.18. The Morgan fingerprint density at radius 1 is 1.50 bits per heavy atom. The maximum atomic E-state index is 10.9. The Bertz CT molecular complexity index is 407. The van der Waals surface area contributed by atoms with Crippen molar-refractivity contribution in [2.75, 3.05) is 19.8 Å². The number of nitro benzene ring substituents is 1. The van der Waals surface area contributed by atoms with E-state index in [-0.39, 0.29) is 16.7 Å². The molecule has 0 aliphatic rings. The summed E-state index contributed by atoms with van der Waals surface area (Å²) in [4.78, 5) is 10.5. The summed E-state index contributed by atoms with van der Waals surface area (Å²) in [5, 5.41) is 14.1. The lowest BCUT2D eigenvalue weighted by molar-refractivity contribution is -0.385. The first-order valence-electron chi connectivity index (χ1n) is 6.12. The van der Waals surface area contributed by atoms with E-state index in [1.807, 2.05) is 19.9 Å². The van der Waals surface area contributed by atoms with Crippen LogP contribution in [-0.2, 0) is 4.74 Å². The van der Waals surface area contributed by atoms with Crippen LogP contribution in [-0.4, -0.2) is 24.7 Å². The molecule has 1 atom stereocenters. The van der Waals surface area contributed by atoms with Crippen LogP contribution in [0.4, 0.5) is 5.69 Å². The van der Waals surface area contributed by atoms with Gasteiger partial charge in [-0.15, -0.1) is 0 Å². The third-order valence-corrected chi connectivity index (χ3v) is 2.83. The first-order chi connectivity index (χ1) is 8.56. The van der Waals surface area contributed by atoms with Crippen LogP contribution in [0.3, 0.4) is 0 Å². The van der Waals surface area contributed by atoms with E-state index in [0.29, 0.717) is 18.8 Å². The van der Waals surface area contributed by atoms with Gasteiger partial charge in [0, 0.05) is 30.8 Å². The molecule has 0 saturated carbocycles. The van der Waals surface area contributed by atoms with E-state index in [1.165, 1.54) is 0 Å². The second-order valence-corrected chi connectivity index (χ2v) is 4.18. The van der Waals surface area contributed by atoms with Gasteiger partial charge in [0.2, 0.25) is 0 Å². The fourth-order valence-electron chi connectivity index (χ4n) is 1.70. The minimum atomic E-state index is -0.342. The summed E-state index contributed by atoms with van der Waals surface area (Å²) in [7, 11) is 0. The molecule has 100 valence electrons. The van der Waals surface area contributed by atoms with Crippen molar-refractivity contribution in [3.63, 3.8) is 0 Å². The second kappa shape index (κ2) is 7.08. The Balaban J connectivity index is 2.65. The number of nitrogens with one attached hydrogen (secondary N) is 1. The summed E-state index contributed by atoms with van der Waals surface area (Å²) in [6.07, 6.45) is 0. The Kier molecular flexibility index (Phi) is 5.74. The highest BCUT2D eigenvalue weighted by atomic mass is 16.6. The van der Waals surface area contributed by atoms with Crippen LogP contribution in [0.5, 0.6) is 0 Å². The van der Waals surface area contributed by atoms with Crippen LogP contribution in [0.1, 0.15) is 31.0 Å². The maximum absolute atomic E-state index is 10.9. The third kappa shape index (κ3) is 4.09. The molecule has 0 saturated heterocycles. The van der Waals surface area contributed by atoms with Crippen molar-refractivity contribution in [1.82, 2.24) is 5.32 Å². The molecule has 0 fully saturated rings. The van der Waals surface area contributed by atoms with Crippen LogP contribution >= 0.6 is 0 Å². The van der Waals surface area contributed by atoms with E-state index >= 15 is 0 Å². The predicted octanol–water partition coefficient (Wildman–Crippen LogP) is 2.59. The molecule has 1 N–H and O–H groups in total. The molecule has 1 aromatic rings. The highest BCUT2D eigenvalue weighted by Crippen LogP contribution is 2.22. The maximum Gasteiger partial charge on any atom is 0.272 e. The summed E-state index contributed by atoms with van der Waals surface area (Å²) in [5.74, 6) is 0.